The van der Waals surface area contributed by atoms with E-state index in [1.807, 2.05) is 49.4 Å². The van der Waals surface area contributed by atoms with Crippen molar-refractivity contribution >= 4 is 22.8 Å². The Kier molecular flexibility index (Phi) is 6.32. The van der Waals surface area contributed by atoms with Crippen LogP contribution in [0.2, 0.25) is 0 Å². The first-order valence-corrected chi connectivity index (χ1v) is 10.8. The summed E-state index contributed by atoms with van der Waals surface area (Å²) in [6.07, 6.45) is 1.79. The lowest BCUT2D eigenvalue weighted by molar-refractivity contribution is 0.251. The highest BCUT2D eigenvalue weighted by atomic mass is 16.2. The number of anilines is 1. The number of hydrogen-bond donors (Lipinski definition) is 2. The SMILES string of the molecule is CCn1c(CCc2ccc(NC(=O)NCc3ccc(C)cc3)cc2)nc2ccccc21. The lowest BCUT2D eigenvalue weighted by atomic mass is 10.1. The number of carbonyl (C=O) groups excluding carboxylic acids is 1. The van der Waals surface area contributed by atoms with Crippen molar-refractivity contribution in [3.05, 3.63) is 95.3 Å². The molecule has 0 aliphatic rings. The predicted molar refractivity (Wildman–Crippen MR) is 126 cm³/mol. The second-order valence-electron chi connectivity index (χ2n) is 7.75. The topological polar surface area (TPSA) is 59.0 Å². The van der Waals surface area contributed by atoms with E-state index in [1.54, 1.807) is 0 Å². The van der Waals surface area contributed by atoms with E-state index in [-0.39, 0.29) is 6.03 Å². The van der Waals surface area contributed by atoms with Gasteiger partial charge in [-0.15, -0.1) is 0 Å². The number of hydrogen-bond acceptors (Lipinski definition) is 2. The van der Waals surface area contributed by atoms with Crippen LogP contribution in [-0.2, 0) is 25.9 Å². The summed E-state index contributed by atoms with van der Waals surface area (Å²) in [5.41, 5.74) is 6.53. The molecule has 0 saturated heterocycles. The third kappa shape index (κ3) is 5.12. The molecule has 0 radical (unpaired) electrons. The lowest BCUT2D eigenvalue weighted by Crippen LogP contribution is -2.28. The molecule has 5 heteroatoms. The summed E-state index contributed by atoms with van der Waals surface area (Å²) in [5, 5.41) is 5.79. The molecule has 5 nitrogen and oxygen atoms in total. The van der Waals surface area contributed by atoms with E-state index in [0.717, 1.165) is 42.0 Å². The molecule has 0 unspecified atom stereocenters. The van der Waals surface area contributed by atoms with E-state index < -0.39 is 0 Å². The molecule has 4 rings (SSSR count). The molecule has 0 aliphatic heterocycles. The molecule has 0 atom stereocenters. The maximum absolute atomic E-state index is 12.2. The number of fused-ring (bicyclic) bond motifs is 1. The molecule has 1 aromatic heterocycles. The quantitative estimate of drug-likeness (QED) is 0.423. The van der Waals surface area contributed by atoms with E-state index in [4.69, 9.17) is 4.98 Å². The number of nitrogens with one attached hydrogen (secondary N) is 2. The molecule has 3 aromatic carbocycles. The third-order valence-electron chi connectivity index (χ3n) is 5.47. The van der Waals surface area contributed by atoms with Crippen LogP contribution >= 0.6 is 0 Å². The Hall–Kier alpha value is -3.60. The number of aryl methyl sites for hydroxylation is 4. The number of nitrogens with zero attached hydrogens (tertiary/aromatic N) is 2. The van der Waals surface area contributed by atoms with Gasteiger partial charge in [-0.05, 0) is 55.7 Å². The van der Waals surface area contributed by atoms with Gasteiger partial charge in [0.05, 0.1) is 11.0 Å². The van der Waals surface area contributed by atoms with Crippen molar-refractivity contribution < 1.29 is 4.79 Å². The van der Waals surface area contributed by atoms with Crippen molar-refractivity contribution in [2.24, 2.45) is 0 Å². The second kappa shape index (κ2) is 9.47. The van der Waals surface area contributed by atoms with Crippen LogP contribution < -0.4 is 10.6 Å². The molecule has 1 heterocycles. The predicted octanol–water partition coefficient (Wildman–Crippen LogP) is 5.47. The van der Waals surface area contributed by atoms with Crippen LogP contribution in [0.25, 0.3) is 11.0 Å². The zero-order valence-electron chi connectivity index (χ0n) is 18.1. The van der Waals surface area contributed by atoms with Gasteiger partial charge in [-0.25, -0.2) is 9.78 Å². The van der Waals surface area contributed by atoms with Gasteiger partial charge in [0.15, 0.2) is 0 Å². The Morgan fingerprint density at radius 2 is 1.61 bits per heavy atom. The number of carbonyl (C=O) groups is 1. The molecule has 0 spiro atoms. The van der Waals surface area contributed by atoms with Gasteiger partial charge in [0.25, 0.3) is 0 Å². The van der Waals surface area contributed by atoms with Crippen molar-refractivity contribution in [1.29, 1.82) is 0 Å². The van der Waals surface area contributed by atoms with Gasteiger partial charge in [0, 0.05) is 25.2 Å². The Balaban J connectivity index is 1.31. The molecule has 2 N–H and O–H groups in total. The molecule has 0 aliphatic carbocycles. The lowest BCUT2D eigenvalue weighted by Gasteiger charge is -2.09. The zero-order chi connectivity index (χ0) is 21.6. The number of rotatable bonds is 7. The van der Waals surface area contributed by atoms with Crippen LogP contribution in [0.3, 0.4) is 0 Å². The van der Waals surface area contributed by atoms with Gasteiger partial charge in [0.1, 0.15) is 5.82 Å². The highest BCUT2D eigenvalue weighted by Crippen LogP contribution is 2.18. The van der Waals surface area contributed by atoms with E-state index >= 15 is 0 Å². The minimum atomic E-state index is -0.204. The first-order valence-electron chi connectivity index (χ1n) is 10.8. The summed E-state index contributed by atoms with van der Waals surface area (Å²) < 4.78 is 2.28. The van der Waals surface area contributed by atoms with Crippen LogP contribution in [0, 0.1) is 6.92 Å². The molecule has 4 aromatic rings. The maximum Gasteiger partial charge on any atom is 0.319 e. The molecule has 0 bridgehead atoms. The van der Waals surface area contributed by atoms with Crippen molar-refractivity contribution in [2.45, 2.75) is 39.8 Å². The average molecular weight is 413 g/mol. The molecule has 158 valence electrons. The minimum absolute atomic E-state index is 0.204. The number of imidazole rings is 1. The first kappa shape index (κ1) is 20.7. The fourth-order valence-electron chi connectivity index (χ4n) is 3.74. The monoisotopic (exact) mass is 412 g/mol. The van der Waals surface area contributed by atoms with Gasteiger partial charge in [0.2, 0.25) is 0 Å². The minimum Gasteiger partial charge on any atom is -0.334 e. The van der Waals surface area contributed by atoms with Crippen LogP contribution in [-0.4, -0.2) is 15.6 Å². The zero-order valence-corrected chi connectivity index (χ0v) is 18.1. The van der Waals surface area contributed by atoms with Gasteiger partial charge in [-0.3, -0.25) is 0 Å². The Labute approximate surface area is 183 Å². The highest BCUT2D eigenvalue weighted by molar-refractivity contribution is 5.89. The summed E-state index contributed by atoms with van der Waals surface area (Å²) in [4.78, 5) is 17.0. The van der Waals surface area contributed by atoms with Crippen LogP contribution in [0.1, 0.15) is 29.4 Å². The summed E-state index contributed by atoms with van der Waals surface area (Å²) in [7, 11) is 0. The first-order chi connectivity index (χ1) is 15.1. The third-order valence-corrected chi connectivity index (χ3v) is 5.47. The highest BCUT2D eigenvalue weighted by Gasteiger charge is 2.09. The van der Waals surface area contributed by atoms with Crippen molar-refractivity contribution in [3.8, 4) is 0 Å². The standard InChI is InChI=1S/C26H28N4O/c1-3-30-24-7-5-4-6-23(24)29-25(30)17-14-20-12-15-22(16-13-20)28-26(31)27-18-21-10-8-19(2)9-11-21/h4-13,15-16H,3,14,17-18H2,1-2H3,(H2,27,28,31). The smallest absolute Gasteiger partial charge is 0.319 e. The summed E-state index contributed by atoms with van der Waals surface area (Å²) in [6, 6.07) is 24.2. The number of benzene rings is 3. The van der Waals surface area contributed by atoms with E-state index in [9.17, 15) is 4.79 Å². The Morgan fingerprint density at radius 1 is 0.903 bits per heavy atom. The van der Waals surface area contributed by atoms with Crippen LogP contribution in [0.5, 0.6) is 0 Å². The number of amides is 2. The van der Waals surface area contributed by atoms with Gasteiger partial charge in [-0.2, -0.15) is 0 Å². The van der Waals surface area contributed by atoms with Crippen molar-refractivity contribution in [2.75, 3.05) is 5.32 Å². The fourth-order valence-corrected chi connectivity index (χ4v) is 3.74. The average Bonchev–Trinajstić information content (AvgIpc) is 3.16. The largest absolute Gasteiger partial charge is 0.334 e. The molecule has 31 heavy (non-hydrogen) atoms. The number of urea groups is 1. The van der Waals surface area contributed by atoms with Crippen LogP contribution in [0.15, 0.2) is 72.8 Å². The fraction of sp³-hybridized carbons (Fsp3) is 0.231. The maximum atomic E-state index is 12.2. The normalized spacial score (nSPS) is 10.9. The van der Waals surface area contributed by atoms with Crippen LogP contribution in [0.4, 0.5) is 10.5 Å². The molecule has 2 amide bonds. The molecular formula is C26H28N4O. The molecule has 0 fully saturated rings. The Morgan fingerprint density at radius 3 is 2.35 bits per heavy atom. The van der Waals surface area contributed by atoms with Gasteiger partial charge < -0.3 is 15.2 Å². The van der Waals surface area contributed by atoms with E-state index in [1.165, 1.54) is 16.6 Å². The van der Waals surface area contributed by atoms with Crippen molar-refractivity contribution in [3.63, 3.8) is 0 Å². The summed E-state index contributed by atoms with van der Waals surface area (Å²) >= 11 is 0. The second-order valence-corrected chi connectivity index (χ2v) is 7.75. The summed E-state index contributed by atoms with van der Waals surface area (Å²) in [6.45, 7) is 5.62. The van der Waals surface area contributed by atoms with Gasteiger partial charge >= 0.3 is 6.03 Å². The molecular weight excluding hydrogens is 384 g/mol. The van der Waals surface area contributed by atoms with Crippen molar-refractivity contribution in [1.82, 2.24) is 14.9 Å². The van der Waals surface area contributed by atoms with E-state index in [0.29, 0.717) is 6.54 Å². The number of para-hydroxylation sites is 2. The Bertz CT molecular complexity index is 1160. The van der Waals surface area contributed by atoms with E-state index in [2.05, 4.69) is 52.5 Å². The summed E-state index contributed by atoms with van der Waals surface area (Å²) in [5.74, 6) is 1.11. The molecule has 0 saturated carbocycles. The van der Waals surface area contributed by atoms with Gasteiger partial charge in [-0.1, -0.05) is 54.1 Å². The number of aromatic nitrogens is 2.